The number of hydrogen-bond acceptors (Lipinski definition) is 4. The Morgan fingerprint density at radius 2 is 2.15 bits per heavy atom. The molecule has 0 atom stereocenters. The van der Waals surface area contributed by atoms with Crippen LogP contribution in [0.5, 0.6) is 5.75 Å². The van der Waals surface area contributed by atoms with Gasteiger partial charge in [0.2, 0.25) is 10.0 Å². The third kappa shape index (κ3) is 3.73. The minimum absolute atomic E-state index is 0.0535. The summed E-state index contributed by atoms with van der Waals surface area (Å²) in [6, 6.07) is 6.48. The van der Waals surface area contributed by atoms with Crippen molar-refractivity contribution in [3.05, 3.63) is 45.6 Å². The van der Waals surface area contributed by atoms with E-state index in [0.717, 1.165) is 5.56 Å². The van der Waals surface area contributed by atoms with E-state index in [2.05, 4.69) is 4.72 Å². The summed E-state index contributed by atoms with van der Waals surface area (Å²) in [6.07, 6.45) is 0.644. The highest BCUT2D eigenvalue weighted by Gasteiger charge is 2.19. The molecule has 2 aromatic rings. The number of thiophene rings is 1. The summed E-state index contributed by atoms with van der Waals surface area (Å²) in [7, 11) is -2.21. The van der Waals surface area contributed by atoms with E-state index in [9.17, 15) is 8.42 Å². The molecular formula is C13H14ClNO3S2. The number of sulfonamides is 1. The molecule has 0 amide bonds. The second kappa shape index (κ2) is 6.58. The predicted molar refractivity (Wildman–Crippen MR) is 81.2 cm³/mol. The van der Waals surface area contributed by atoms with E-state index in [1.165, 1.54) is 19.2 Å². The molecule has 0 radical (unpaired) electrons. The second-order valence-corrected chi connectivity index (χ2v) is 7.03. The Kier molecular flexibility index (Phi) is 5.04. The molecule has 0 aliphatic rings. The van der Waals surface area contributed by atoms with Gasteiger partial charge in [0, 0.05) is 11.6 Å². The smallest absolute Gasteiger partial charge is 0.244 e. The average molecular weight is 332 g/mol. The molecule has 2 rings (SSSR count). The molecule has 1 aromatic heterocycles. The summed E-state index contributed by atoms with van der Waals surface area (Å²) in [5, 5.41) is 4.31. The molecule has 1 aromatic carbocycles. The minimum Gasteiger partial charge on any atom is -0.495 e. The first-order valence-corrected chi connectivity index (χ1v) is 8.67. The van der Waals surface area contributed by atoms with E-state index in [1.807, 2.05) is 16.8 Å². The molecule has 1 heterocycles. The van der Waals surface area contributed by atoms with Gasteiger partial charge in [-0.25, -0.2) is 13.1 Å². The molecule has 0 unspecified atom stereocenters. The zero-order valence-electron chi connectivity index (χ0n) is 10.8. The molecule has 1 N–H and O–H groups in total. The van der Waals surface area contributed by atoms with Crippen LogP contribution in [0.15, 0.2) is 39.9 Å². The molecule has 0 saturated carbocycles. The molecule has 0 saturated heterocycles. The Labute approximate surface area is 127 Å². The molecule has 0 bridgehead atoms. The average Bonchev–Trinajstić information content (AvgIpc) is 2.91. The van der Waals surface area contributed by atoms with Crippen molar-refractivity contribution in [2.45, 2.75) is 11.3 Å². The summed E-state index contributed by atoms with van der Waals surface area (Å²) in [5.74, 6) is 0.275. The van der Waals surface area contributed by atoms with Gasteiger partial charge in [-0.15, -0.1) is 0 Å². The number of ether oxygens (including phenoxy) is 1. The largest absolute Gasteiger partial charge is 0.495 e. The Morgan fingerprint density at radius 1 is 1.35 bits per heavy atom. The van der Waals surface area contributed by atoms with Gasteiger partial charge >= 0.3 is 0 Å². The summed E-state index contributed by atoms with van der Waals surface area (Å²) >= 11 is 7.44. The van der Waals surface area contributed by atoms with Crippen LogP contribution in [0.3, 0.4) is 0 Å². The van der Waals surface area contributed by atoms with E-state index >= 15 is 0 Å². The van der Waals surface area contributed by atoms with Crippen LogP contribution in [0.1, 0.15) is 5.56 Å². The van der Waals surface area contributed by atoms with Crippen LogP contribution in [0, 0.1) is 0 Å². The number of nitrogens with one attached hydrogen (secondary N) is 1. The Bertz CT molecular complexity index is 669. The highest BCUT2D eigenvalue weighted by Crippen LogP contribution is 2.26. The summed E-state index contributed by atoms with van der Waals surface area (Å²) in [5.41, 5.74) is 1.11. The zero-order chi connectivity index (χ0) is 14.6. The van der Waals surface area contributed by atoms with E-state index in [1.54, 1.807) is 17.4 Å². The van der Waals surface area contributed by atoms with Gasteiger partial charge in [-0.1, -0.05) is 11.6 Å². The van der Waals surface area contributed by atoms with Crippen molar-refractivity contribution in [2.75, 3.05) is 13.7 Å². The van der Waals surface area contributed by atoms with Gasteiger partial charge in [-0.05, 0) is 47.0 Å². The third-order valence-electron chi connectivity index (χ3n) is 2.70. The predicted octanol–water partition coefficient (Wildman–Crippen LogP) is 2.93. The van der Waals surface area contributed by atoms with Gasteiger partial charge in [-0.2, -0.15) is 11.3 Å². The van der Waals surface area contributed by atoms with Gasteiger partial charge in [0.15, 0.2) is 0 Å². The lowest BCUT2D eigenvalue weighted by Crippen LogP contribution is -2.26. The number of hydrogen-bond donors (Lipinski definition) is 1. The fraction of sp³-hybridized carbons (Fsp3) is 0.231. The standard InChI is InChI=1S/C13H14ClNO3S2/c1-18-12-3-2-11(14)8-13(12)20(16,17)15-6-4-10-5-7-19-9-10/h2-3,5,7-9,15H,4,6H2,1H3. The van der Waals surface area contributed by atoms with Crippen LogP contribution in [0.25, 0.3) is 0 Å². The van der Waals surface area contributed by atoms with Crippen molar-refractivity contribution in [2.24, 2.45) is 0 Å². The lowest BCUT2D eigenvalue weighted by Gasteiger charge is -2.10. The fourth-order valence-corrected chi connectivity index (χ4v) is 3.87. The highest BCUT2D eigenvalue weighted by molar-refractivity contribution is 7.89. The number of halogens is 1. The topological polar surface area (TPSA) is 55.4 Å². The van der Waals surface area contributed by atoms with Crippen molar-refractivity contribution in [3.8, 4) is 5.75 Å². The first-order chi connectivity index (χ1) is 9.53. The van der Waals surface area contributed by atoms with Crippen LogP contribution in [-0.4, -0.2) is 22.1 Å². The lowest BCUT2D eigenvalue weighted by atomic mass is 10.2. The molecule has 7 heteroatoms. The first kappa shape index (κ1) is 15.3. The SMILES string of the molecule is COc1ccc(Cl)cc1S(=O)(=O)NCCc1ccsc1. The van der Waals surface area contributed by atoms with Crippen molar-refractivity contribution in [3.63, 3.8) is 0 Å². The normalized spacial score (nSPS) is 11.5. The Balaban J connectivity index is 2.11. The molecule has 108 valence electrons. The van der Waals surface area contributed by atoms with Crippen LogP contribution in [-0.2, 0) is 16.4 Å². The minimum atomic E-state index is -3.63. The van der Waals surface area contributed by atoms with Crippen LogP contribution in [0.4, 0.5) is 0 Å². The van der Waals surface area contributed by atoms with Crippen LogP contribution in [0.2, 0.25) is 5.02 Å². The Hall–Kier alpha value is -1.08. The first-order valence-electron chi connectivity index (χ1n) is 5.87. The van der Waals surface area contributed by atoms with E-state index in [0.29, 0.717) is 18.0 Å². The number of methoxy groups -OCH3 is 1. The number of benzene rings is 1. The molecule has 20 heavy (non-hydrogen) atoms. The van der Waals surface area contributed by atoms with E-state index in [-0.39, 0.29) is 10.6 Å². The molecule has 0 fully saturated rings. The van der Waals surface area contributed by atoms with Crippen LogP contribution >= 0.6 is 22.9 Å². The fourth-order valence-electron chi connectivity index (χ4n) is 1.70. The van der Waals surface area contributed by atoms with Gasteiger partial charge in [0.25, 0.3) is 0 Å². The van der Waals surface area contributed by atoms with Gasteiger partial charge in [0.1, 0.15) is 10.6 Å². The lowest BCUT2D eigenvalue weighted by molar-refractivity contribution is 0.402. The summed E-state index contributed by atoms with van der Waals surface area (Å²) in [4.78, 5) is 0.0535. The molecule has 0 spiro atoms. The molecule has 0 aliphatic heterocycles. The Morgan fingerprint density at radius 3 is 2.80 bits per heavy atom. The van der Waals surface area contributed by atoms with Crippen molar-refractivity contribution in [1.82, 2.24) is 4.72 Å². The third-order valence-corrected chi connectivity index (χ3v) is 5.15. The van der Waals surface area contributed by atoms with Gasteiger partial charge in [0.05, 0.1) is 7.11 Å². The van der Waals surface area contributed by atoms with Gasteiger partial charge < -0.3 is 4.74 Å². The van der Waals surface area contributed by atoms with E-state index in [4.69, 9.17) is 16.3 Å². The molecular weight excluding hydrogens is 318 g/mol. The summed E-state index contributed by atoms with van der Waals surface area (Å²) < 4.78 is 32.1. The van der Waals surface area contributed by atoms with Crippen molar-refractivity contribution < 1.29 is 13.2 Å². The summed E-state index contributed by atoms with van der Waals surface area (Å²) in [6.45, 7) is 0.328. The van der Waals surface area contributed by atoms with Gasteiger partial charge in [-0.3, -0.25) is 0 Å². The monoisotopic (exact) mass is 331 g/mol. The second-order valence-electron chi connectivity index (χ2n) is 4.07. The molecule has 0 aliphatic carbocycles. The van der Waals surface area contributed by atoms with E-state index < -0.39 is 10.0 Å². The van der Waals surface area contributed by atoms with Crippen molar-refractivity contribution in [1.29, 1.82) is 0 Å². The molecule has 4 nitrogen and oxygen atoms in total. The maximum atomic E-state index is 12.2. The maximum Gasteiger partial charge on any atom is 0.244 e. The zero-order valence-corrected chi connectivity index (χ0v) is 13.2. The van der Waals surface area contributed by atoms with Crippen LogP contribution < -0.4 is 9.46 Å². The highest BCUT2D eigenvalue weighted by atomic mass is 35.5. The maximum absolute atomic E-state index is 12.2. The quantitative estimate of drug-likeness (QED) is 0.885. The van der Waals surface area contributed by atoms with Crippen molar-refractivity contribution >= 4 is 33.0 Å². The number of rotatable bonds is 6.